The number of hydrogen-bond acceptors (Lipinski definition) is 2. The molecule has 4 heteroatoms. The topological polar surface area (TPSA) is 20.2 Å². The number of hydrogen-bond donors (Lipinski definition) is 1. The van der Waals surface area contributed by atoms with E-state index in [1.807, 2.05) is 0 Å². The fourth-order valence-electron chi connectivity index (χ4n) is 2.85. The molecule has 1 unspecified atom stereocenters. The van der Waals surface area contributed by atoms with Crippen LogP contribution in [0.3, 0.4) is 0 Å². The first-order valence-corrected chi connectivity index (χ1v) is 8.98. The molecule has 0 aliphatic heterocycles. The average Bonchev–Trinajstić information content (AvgIpc) is 2.74. The molecule has 0 amide bonds. The summed E-state index contributed by atoms with van der Waals surface area (Å²) in [6, 6.07) is 7.10. The highest BCUT2D eigenvalue weighted by Crippen LogP contribution is 2.33. The number of aryl methyl sites for hydroxylation is 2. The molecule has 112 valence electrons. The summed E-state index contributed by atoms with van der Waals surface area (Å²) in [5, 5.41) is 10.5. The second kappa shape index (κ2) is 6.59. The van der Waals surface area contributed by atoms with Gasteiger partial charge in [-0.1, -0.05) is 12.5 Å². The number of benzene rings is 1. The number of rotatable bonds is 3. The molecule has 2 aromatic rings. The van der Waals surface area contributed by atoms with Gasteiger partial charge in [0.1, 0.15) is 5.82 Å². The first-order chi connectivity index (χ1) is 10.1. The molecular formula is C17H18BrFOS. The number of thiophene rings is 1. The van der Waals surface area contributed by atoms with E-state index in [0.717, 1.165) is 23.3 Å². The Hall–Kier alpha value is -0.710. The third-order valence-corrected chi connectivity index (χ3v) is 5.95. The summed E-state index contributed by atoms with van der Waals surface area (Å²) in [5.74, 6) is -0.268. The fraction of sp³-hybridized carbons (Fsp3) is 0.412. The number of halogens is 2. The van der Waals surface area contributed by atoms with E-state index >= 15 is 0 Å². The molecule has 0 fully saturated rings. The Morgan fingerprint density at radius 1 is 1.19 bits per heavy atom. The molecule has 1 aromatic carbocycles. The van der Waals surface area contributed by atoms with Gasteiger partial charge in [0.05, 0.1) is 10.6 Å². The minimum atomic E-state index is -0.501. The van der Waals surface area contributed by atoms with Crippen molar-refractivity contribution in [2.75, 3.05) is 0 Å². The summed E-state index contributed by atoms with van der Waals surface area (Å²) in [6.45, 7) is 0. The zero-order valence-electron chi connectivity index (χ0n) is 11.7. The van der Waals surface area contributed by atoms with Crippen molar-refractivity contribution in [3.8, 4) is 0 Å². The lowest BCUT2D eigenvalue weighted by molar-refractivity contribution is 0.182. The maximum absolute atomic E-state index is 13.2. The van der Waals surface area contributed by atoms with Crippen molar-refractivity contribution in [2.24, 2.45) is 0 Å². The predicted molar refractivity (Wildman–Crippen MR) is 88.3 cm³/mol. The minimum Gasteiger partial charge on any atom is -0.387 e. The minimum absolute atomic E-state index is 0.268. The molecule has 3 rings (SSSR count). The van der Waals surface area contributed by atoms with Crippen LogP contribution in [0.5, 0.6) is 0 Å². The van der Waals surface area contributed by atoms with Crippen LogP contribution in [-0.2, 0) is 19.3 Å². The number of aliphatic hydroxyl groups is 1. The van der Waals surface area contributed by atoms with Gasteiger partial charge < -0.3 is 5.11 Å². The Bertz CT molecular complexity index is 614. The van der Waals surface area contributed by atoms with E-state index in [1.54, 1.807) is 23.5 Å². The molecule has 1 aliphatic carbocycles. The van der Waals surface area contributed by atoms with Crippen LogP contribution >= 0.6 is 27.3 Å². The summed E-state index contributed by atoms with van der Waals surface area (Å²) < 4.78 is 13.7. The predicted octanol–water partition coefficient (Wildman–Crippen LogP) is 5.19. The Balaban J connectivity index is 1.75. The van der Waals surface area contributed by atoms with Crippen LogP contribution in [0.25, 0.3) is 0 Å². The van der Waals surface area contributed by atoms with Crippen LogP contribution in [0, 0.1) is 5.82 Å². The Kier molecular flexibility index (Phi) is 4.77. The first-order valence-electron chi connectivity index (χ1n) is 7.37. The van der Waals surface area contributed by atoms with E-state index in [0.29, 0.717) is 10.9 Å². The maximum Gasteiger partial charge on any atom is 0.137 e. The molecule has 1 N–H and O–H groups in total. The van der Waals surface area contributed by atoms with Gasteiger partial charge in [0.15, 0.2) is 0 Å². The van der Waals surface area contributed by atoms with Crippen molar-refractivity contribution in [3.63, 3.8) is 0 Å². The van der Waals surface area contributed by atoms with Gasteiger partial charge in [-0.25, -0.2) is 4.39 Å². The average molecular weight is 369 g/mol. The second-order valence-electron chi connectivity index (χ2n) is 5.63. The fourth-order valence-corrected chi connectivity index (χ4v) is 4.51. The van der Waals surface area contributed by atoms with Crippen LogP contribution in [0.1, 0.15) is 46.2 Å². The summed E-state index contributed by atoms with van der Waals surface area (Å²) in [6.07, 6.45) is 6.13. The molecule has 1 heterocycles. The molecule has 1 atom stereocenters. The molecule has 0 saturated carbocycles. The van der Waals surface area contributed by atoms with E-state index < -0.39 is 6.10 Å². The van der Waals surface area contributed by atoms with E-state index in [1.165, 1.54) is 35.8 Å². The van der Waals surface area contributed by atoms with Crippen LogP contribution < -0.4 is 0 Å². The van der Waals surface area contributed by atoms with Crippen molar-refractivity contribution >= 4 is 27.3 Å². The van der Waals surface area contributed by atoms with Crippen molar-refractivity contribution in [3.05, 3.63) is 55.4 Å². The number of aliphatic hydroxyl groups excluding tert-OH is 1. The van der Waals surface area contributed by atoms with Crippen LogP contribution in [0.2, 0.25) is 0 Å². The van der Waals surface area contributed by atoms with Gasteiger partial charge in [0.2, 0.25) is 0 Å². The summed E-state index contributed by atoms with van der Waals surface area (Å²) in [7, 11) is 0. The molecule has 0 bridgehead atoms. The summed E-state index contributed by atoms with van der Waals surface area (Å²) >= 11 is 4.94. The summed E-state index contributed by atoms with van der Waals surface area (Å²) in [4.78, 5) is 2.49. The molecule has 1 nitrogen and oxygen atoms in total. The lowest BCUT2D eigenvalue weighted by Gasteiger charge is -2.09. The van der Waals surface area contributed by atoms with Crippen molar-refractivity contribution in [2.45, 2.75) is 44.6 Å². The third kappa shape index (κ3) is 3.55. The van der Waals surface area contributed by atoms with E-state index in [4.69, 9.17) is 0 Å². The highest BCUT2D eigenvalue weighted by molar-refractivity contribution is 9.10. The zero-order chi connectivity index (χ0) is 14.8. The van der Waals surface area contributed by atoms with E-state index in [9.17, 15) is 9.50 Å². The van der Waals surface area contributed by atoms with Gasteiger partial charge in [-0.3, -0.25) is 0 Å². The van der Waals surface area contributed by atoms with Gasteiger partial charge in [-0.15, -0.1) is 11.3 Å². The van der Waals surface area contributed by atoms with E-state index in [2.05, 4.69) is 22.0 Å². The van der Waals surface area contributed by atoms with Crippen molar-refractivity contribution < 1.29 is 9.50 Å². The SMILES string of the molecule is OC(Cc1ccc(F)c(Br)c1)c1cc2c(s1)CCCCC2. The Morgan fingerprint density at radius 2 is 2.00 bits per heavy atom. The molecule has 0 spiro atoms. The van der Waals surface area contributed by atoms with Crippen LogP contribution in [0.15, 0.2) is 28.7 Å². The molecule has 0 saturated heterocycles. The summed E-state index contributed by atoms with van der Waals surface area (Å²) in [5.41, 5.74) is 2.37. The second-order valence-corrected chi connectivity index (χ2v) is 7.65. The zero-order valence-corrected chi connectivity index (χ0v) is 14.1. The van der Waals surface area contributed by atoms with Gasteiger partial charge in [0.25, 0.3) is 0 Å². The van der Waals surface area contributed by atoms with Crippen LogP contribution in [0.4, 0.5) is 4.39 Å². The maximum atomic E-state index is 13.2. The van der Waals surface area contributed by atoms with Gasteiger partial charge in [0, 0.05) is 16.2 Å². The standard InChI is InChI=1S/C17H18BrFOS/c18-13-8-11(6-7-14(13)19)9-15(20)17-10-12-4-2-1-3-5-16(12)21-17/h6-8,10,15,20H,1-5,9H2. The highest BCUT2D eigenvalue weighted by Gasteiger charge is 2.17. The third-order valence-electron chi connectivity index (χ3n) is 4.01. The lowest BCUT2D eigenvalue weighted by Crippen LogP contribution is -2.00. The smallest absolute Gasteiger partial charge is 0.137 e. The normalized spacial score (nSPS) is 16.3. The monoisotopic (exact) mass is 368 g/mol. The first kappa shape index (κ1) is 15.2. The Labute approximate surface area is 137 Å². The van der Waals surface area contributed by atoms with Crippen molar-refractivity contribution in [1.82, 2.24) is 0 Å². The number of fused-ring (bicyclic) bond motifs is 1. The molecular weight excluding hydrogens is 351 g/mol. The largest absolute Gasteiger partial charge is 0.387 e. The molecule has 21 heavy (non-hydrogen) atoms. The van der Waals surface area contributed by atoms with Gasteiger partial charge in [-0.05, 0) is 70.9 Å². The van der Waals surface area contributed by atoms with Gasteiger partial charge in [-0.2, -0.15) is 0 Å². The Morgan fingerprint density at radius 3 is 2.81 bits per heavy atom. The van der Waals surface area contributed by atoms with Gasteiger partial charge >= 0.3 is 0 Å². The lowest BCUT2D eigenvalue weighted by atomic mass is 10.1. The van der Waals surface area contributed by atoms with E-state index in [-0.39, 0.29) is 5.82 Å². The highest BCUT2D eigenvalue weighted by atomic mass is 79.9. The quantitative estimate of drug-likeness (QED) is 0.738. The molecule has 1 aromatic heterocycles. The van der Waals surface area contributed by atoms with Crippen molar-refractivity contribution in [1.29, 1.82) is 0 Å². The molecule has 0 radical (unpaired) electrons. The van der Waals surface area contributed by atoms with Crippen LogP contribution in [-0.4, -0.2) is 5.11 Å². The molecule has 1 aliphatic rings.